The molecule has 1 nitrogen and oxygen atoms in total. The summed E-state index contributed by atoms with van der Waals surface area (Å²) in [5.74, 6) is 6.90. The van der Waals surface area contributed by atoms with Gasteiger partial charge in [-0.1, -0.05) is 57.7 Å². The van der Waals surface area contributed by atoms with E-state index in [1.165, 1.54) is 11.1 Å². The van der Waals surface area contributed by atoms with Crippen LogP contribution in [-0.2, 0) is 0 Å². The van der Waals surface area contributed by atoms with Gasteiger partial charge in [-0.2, -0.15) is 0 Å². The van der Waals surface area contributed by atoms with E-state index in [9.17, 15) is 5.11 Å². The monoisotopic (exact) mass is 230 g/mol. The second kappa shape index (κ2) is 5.89. The van der Waals surface area contributed by atoms with Crippen LogP contribution >= 0.6 is 0 Å². The second-order valence-electron chi connectivity index (χ2n) is 5.07. The molecule has 0 aliphatic heterocycles. The van der Waals surface area contributed by atoms with Crippen LogP contribution in [0.25, 0.3) is 0 Å². The highest BCUT2D eigenvalue weighted by Crippen LogP contribution is 2.26. The molecule has 0 radical (unpaired) electrons. The van der Waals surface area contributed by atoms with E-state index in [1.54, 1.807) is 6.92 Å². The molecule has 1 aromatic rings. The molecule has 0 aliphatic carbocycles. The lowest BCUT2D eigenvalue weighted by Crippen LogP contribution is -2.01. The van der Waals surface area contributed by atoms with Crippen LogP contribution in [-0.4, -0.2) is 11.2 Å². The summed E-state index contributed by atoms with van der Waals surface area (Å²) in [5, 5.41) is 9.30. The molecule has 0 bridgehead atoms. The zero-order valence-electron chi connectivity index (χ0n) is 11.4. The maximum absolute atomic E-state index is 9.30. The second-order valence-corrected chi connectivity index (χ2v) is 5.07. The average molecular weight is 230 g/mol. The fourth-order valence-electron chi connectivity index (χ4n) is 1.87. The molecule has 1 N–H and O–H groups in total. The summed E-state index contributed by atoms with van der Waals surface area (Å²) in [4.78, 5) is 0. The highest BCUT2D eigenvalue weighted by Gasteiger charge is 2.11. The summed E-state index contributed by atoms with van der Waals surface area (Å²) >= 11 is 0. The van der Waals surface area contributed by atoms with E-state index in [2.05, 4.69) is 57.7 Å². The summed E-state index contributed by atoms with van der Waals surface area (Å²) in [6.45, 7) is 10.4. The fraction of sp³-hybridized carbons (Fsp3) is 0.500. The lowest BCUT2D eigenvalue weighted by Gasteiger charge is -2.15. The van der Waals surface area contributed by atoms with Crippen LogP contribution in [0.5, 0.6) is 0 Å². The van der Waals surface area contributed by atoms with Crippen LogP contribution in [0, 0.1) is 11.8 Å². The number of aliphatic hydroxyl groups excluding tert-OH is 1. The molecule has 0 aliphatic rings. The molecule has 92 valence electrons. The molecule has 0 saturated carbocycles. The quantitative estimate of drug-likeness (QED) is 0.769. The first kappa shape index (κ1) is 13.8. The maximum atomic E-state index is 9.30. The molecule has 1 heteroatoms. The Morgan fingerprint density at radius 2 is 1.41 bits per heavy atom. The first-order valence-electron chi connectivity index (χ1n) is 6.25. The van der Waals surface area contributed by atoms with E-state index >= 15 is 0 Å². The lowest BCUT2D eigenvalue weighted by atomic mass is 9.89. The highest BCUT2D eigenvalue weighted by molar-refractivity contribution is 5.50. The summed E-state index contributed by atoms with van der Waals surface area (Å²) in [6.07, 6.45) is -0.574. The SMILES string of the molecule is CC(C)c1cccc(C(C)C)c1C#C[C@@H](C)O. The van der Waals surface area contributed by atoms with E-state index in [0.717, 1.165) is 5.56 Å². The van der Waals surface area contributed by atoms with Crippen molar-refractivity contribution in [2.75, 3.05) is 0 Å². The molecule has 0 saturated heterocycles. The zero-order chi connectivity index (χ0) is 13.0. The molecule has 0 amide bonds. The predicted octanol–water partition coefficient (Wildman–Crippen LogP) is 3.67. The fourth-order valence-corrected chi connectivity index (χ4v) is 1.87. The third-order valence-corrected chi connectivity index (χ3v) is 2.78. The Labute approximate surface area is 105 Å². The van der Waals surface area contributed by atoms with Gasteiger partial charge < -0.3 is 5.11 Å². The van der Waals surface area contributed by atoms with Gasteiger partial charge in [0.15, 0.2) is 0 Å². The van der Waals surface area contributed by atoms with Gasteiger partial charge >= 0.3 is 0 Å². The number of benzene rings is 1. The zero-order valence-corrected chi connectivity index (χ0v) is 11.4. The molecule has 0 spiro atoms. The van der Waals surface area contributed by atoms with Gasteiger partial charge in [-0.25, -0.2) is 0 Å². The molecule has 0 fully saturated rings. The van der Waals surface area contributed by atoms with Gasteiger partial charge in [0.2, 0.25) is 0 Å². The Balaban J connectivity index is 3.35. The molecule has 1 aromatic carbocycles. The molecule has 1 atom stereocenters. The van der Waals surface area contributed by atoms with Gasteiger partial charge in [-0.15, -0.1) is 0 Å². The summed E-state index contributed by atoms with van der Waals surface area (Å²) in [7, 11) is 0. The topological polar surface area (TPSA) is 20.2 Å². The normalized spacial score (nSPS) is 12.5. The Hall–Kier alpha value is -1.26. The van der Waals surface area contributed by atoms with E-state index in [-0.39, 0.29) is 0 Å². The smallest absolute Gasteiger partial charge is 0.112 e. The number of hydrogen-bond acceptors (Lipinski definition) is 1. The molecular formula is C16H22O. The third kappa shape index (κ3) is 3.61. The van der Waals surface area contributed by atoms with Gasteiger partial charge in [-0.05, 0) is 29.9 Å². The molecule has 17 heavy (non-hydrogen) atoms. The molecule has 1 rings (SSSR count). The summed E-state index contributed by atoms with van der Waals surface area (Å²) in [6, 6.07) is 6.35. The molecular weight excluding hydrogens is 208 g/mol. The van der Waals surface area contributed by atoms with Crippen molar-refractivity contribution in [2.24, 2.45) is 0 Å². The first-order valence-corrected chi connectivity index (χ1v) is 6.25. The molecule has 0 heterocycles. The minimum atomic E-state index is -0.574. The lowest BCUT2D eigenvalue weighted by molar-refractivity contribution is 0.253. The van der Waals surface area contributed by atoms with Crippen molar-refractivity contribution in [3.63, 3.8) is 0 Å². The van der Waals surface area contributed by atoms with Crippen LogP contribution in [0.3, 0.4) is 0 Å². The van der Waals surface area contributed by atoms with Gasteiger partial charge in [0.05, 0.1) is 0 Å². The Morgan fingerprint density at radius 1 is 0.941 bits per heavy atom. The highest BCUT2D eigenvalue weighted by atomic mass is 16.3. The van der Waals surface area contributed by atoms with Gasteiger partial charge in [0, 0.05) is 5.56 Å². The standard InChI is InChI=1S/C16H22O/c1-11(2)14-7-6-8-15(12(3)4)16(14)10-9-13(5)17/h6-8,11-13,17H,1-5H3/t13-/m1/s1. The van der Waals surface area contributed by atoms with Crippen molar-refractivity contribution in [2.45, 2.75) is 52.6 Å². The first-order chi connectivity index (χ1) is 7.93. The van der Waals surface area contributed by atoms with Crippen LogP contribution < -0.4 is 0 Å². The minimum Gasteiger partial charge on any atom is -0.381 e. The van der Waals surface area contributed by atoms with Crippen LogP contribution in [0.1, 0.15) is 63.1 Å². The van der Waals surface area contributed by atoms with E-state index in [1.807, 2.05) is 0 Å². The van der Waals surface area contributed by atoms with Crippen LogP contribution in [0.2, 0.25) is 0 Å². The number of rotatable bonds is 2. The maximum Gasteiger partial charge on any atom is 0.112 e. The van der Waals surface area contributed by atoms with Crippen molar-refractivity contribution in [3.05, 3.63) is 34.9 Å². The summed E-state index contributed by atoms with van der Waals surface area (Å²) in [5.41, 5.74) is 3.63. The minimum absolute atomic E-state index is 0.451. The Morgan fingerprint density at radius 3 is 1.76 bits per heavy atom. The van der Waals surface area contributed by atoms with Gasteiger partial charge in [0.25, 0.3) is 0 Å². The van der Waals surface area contributed by atoms with Crippen molar-refractivity contribution >= 4 is 0 Å². The van der Waals surface area contributed by atoms with Gasteiger partial charge in [-0.3, -0.25) is 0 Å². The Bertz CT molecular complexity index is 404. The third-order valence-electron chi connectivity index (χ3n) is 2.78. The predicted molar refractivity (Wildman–Crippen MR) is 73.2 cm³/mol. The van der Waals surface area contributed by atoms with E-state index < -0.39 is 6.10 Å². The average Bonchev–Trinajstić information content (AvgIpc) is 2.25. The van der Waals surface area contributed by atoms with Crippen molar-refractivity contribution < 1.29 is 5.11 Å². The Kier molecular flexibility index (Phi) is 4.78. The largest absolute Gasteiger partial charge is 0.381 e. The van der Waals surface area contributed by atoms with E-state index in [0.29, 0.717) is 11.8 Å². The number of aliphatic hydroxyl groups is 1. The van der Waals surface area contributed by atoms with Crippen LogP contribution in [0.15, 0.2) is 18.2 Å². The molecule has 0 unspecified atom stereocenters. The van der Waals surface area contributed by atoms with Crippen molar-refractivity contribution in [3.8, 4) is 11.8 Å². The van der Waals surface area contributed by atoms with Crippen molar-refractivity contribution in [1.82, 2.24) is 0 Å². The van der Waals surface area contributed by atoms with Gasteiger partial charge in [0.1, 0.15) is 6.10 Å². The van der Waals surface area contributed by atoms with E-state index in [4.69, 9.17) is 0 Å². The summed E-state index contributed by atoms with van der Waals surface area (Å²) < 4.78 is 0. The molecule has 0 aromatic heterocycles. The van der Waals surface area contributed by atoms with Crippen molar-refractivity contribution in [1.29, 1.82) is 0 Å². The van der Waals surface area contributed by atoms with Crippen LogP contribution in [0.4, 0.5) is 0 Å². The number of hydrogen-bond donors (Lipinski definition) is 1.